The molecule has 6 heteroatoms. The average Bonchev–Trinajstić information content (AvgIpc) is 3.26. The molecule has 1 saturated heterocycles. The number of hydrogen-bond acceptors (Lipinski definition) is 5. The van der Waals surface area contributed by atoms with Gasteiger partial charge in [0, 0.05) is 62.6 Å². The zero-order chi connectivity index (χ0) is 21.0. The van der Waals surface area contributed by atoms with Crippen molar-refractivity contribution in [3.8, 4) is 0 Å². The third-order valence-corrected chi connectivity index (χ3v) is 7.11. The Labute approximate surface area is 179 Å². The van der Waals surface area contributed by atoms with Gasteiger partial charge < -0.3 is 15.5 Å². The molecule has 0 unspecified atom stereocenters. The Bertz CT molecular complexity index is 754. The second kappa shape index (κ2) is 9.72. The molecule has 1 aromatic rings. The van der Waals surface area contributed by atoms with Gasteiger partial charge in [0.05, 0.1) is 4.91 Å². The zero-order valence-electron chi connectivity index (χ0n) is 18.0. The number of hydrogen-bond donors (Lipinski definition) is 1. The van der Waals surface area contributed by atoms with Crippen LogP contribution in [0.3, 0.4) is 0 Å². The molecule has 1 amide bonds. The van der Waals surface area contributed by atoms with Gasteiger partial charge in [0.1, 0.15) is 0 Å². The number of anilines is 1. The van der Waals surface area contributed by atoms with Crippen LogP contribution >= 0.6 is 11.8 Å². The Kier molecular flexibility index (Phi) is 7.30. The maximum absolute atomic E-state index is 13.2. The number of rotatable bonds is 6. The van der Waals surface area contributed by atoms with Gasteiger partial charge in [0.15, 0.2) is 0 Å². The summed E-state index contributed by atoms with van der Waals surface area (Å²) in [5, 5.41) is 0. The Morgan fingerprint density at radius 1 is 1.10 bits per heavy atom. The number of amides is 1. The van der Waals surface area contributed by atoms with Crippen molar-refractivity contribution in [3.05, 3.63) is 47.0 Å². The molecule has 0 bridgehead atoms. The lowest BCUT2D eigenvalue weighted by Gasteiger charge is -2.38. The molecule has 1 heterocycles. The normalized spacial score (nSPS) is 19.2. The van der Waals surface area contributed by atoms with Gasteiger partial charge in [-0.2, -0.15) is 0 Å². The van der Waals surface area contributed by atoms with E-state index in [2.05, 4.69) is 28.5 Å². The highest BCUT2D eigenvalue weighted by Crippen LogP contribution is 2.35. The van der Waals surface area contributed by atoms with Gasteiger partial charge in [-0.05, 0) is 37.5 Å². The van der Waals surface area contributed by atoms with Crippen LogP contribution in [0.5, 0.6) is 0 Å². The number of benzene rings is 1. The fraction of sp³-hybridized carbons (Fsp3) is 0.522. The van der Waals surface area contributed by atoms with Crippen molar-refractivity contribution in [3.63, 3.8) is 0 Å². The van der Waals surface area contributed by atoms with E-state index in [0.29, 0.717) is 10.6 Å². The third-order valence-electron chi connectivity index (χ3n) is 5.93. The molecule has 0 aromatic heterocycles. The summed E-state index contributed by atoms with van der Waals surface area (Å²) in [5.74, 6) is 0.0344. The molecular formula is C23H34N4OS. The minimum Gasteiger partial charge on any atom is -0.401 e. The Morgan fingerprint density at radius 2 is 1.69 bits per heavy atom. The summed E-state index contributed by atoms with van der Waals surface area (Å²) < 4.78 is 0. The summed E-state index contributed by atoms with van der Waals surface area (Å²) in [5.41, 5.74) is 8.82. The summed E-state index contributed by atoms with van der Waals surface area (Å²) in [6.45, 7) is 9.47. The summed E-state index contributed by atoms with van der Waals surface area (Å²) in [7, 11) is 4.03. The quantitative estimate of drug-likeness (QED) is 0.719. The predicted molar refractivity (Wildman–Crippen MR) is 125 cm³/mol. The van der Waals surface area contributed by atoms with Gasteiger partial charge >= 0.3 is 0 Å². The first-order valence-corrected chi connectivity index (χ1v) is 11.3. The fourth-order valence-corrected chi connectivity index (χ4v) is 5.00. The number of allylic oxidation sites excluding steroid dienone is 1. The minimum absolute atomic E-state index is 0.0344. The van der Waals surface area contributed by atoms with Crippen molar-refractivity contribution in [2.75, 3.05) is 45.2 Å². The van der Waals surface area contributed by atoms with Crippen LogP contribution in [0.15, 0.2) is 41.4 Å². The van der Waals surface area contributed by atoms with E-state index in [1.54, 1.807) is 6.92 Å². The van der Waals surface area contributed by atoms with Crippen molar-refractivity contribution >= 4 is 28.3 Å². The van der Waals surface area contributed by atoms with Gasteiger partial charge in [-0.1, -0.05) is 43.3 Å². The smallest absolute Gasteiger partial charge is 0.262 e. The van der Waals surface area contributed by atoms with Crippen LogP contribution in [-0.4, -0.2) is 62.0 Å². The average molecular weight is 415 g/mol. The van der Waals surface area contributed by atoms with Crippen LogP contribution < -0.4 is 10.6 Å². The minimum atomic E-state index is 0.0344. The molecule has 0 spiro atoms. The highest BCUT2D eigenvalue weighted by Gasteiger charge is 2.29. The summed E-state index contributed by atoms with van der Waals surface area (Å²) in [6.07, 6.45) is 5.31. The van der Waals surface area contributed by atoms with E-state index in [1.807, 2.05) is 31.1 Å². The molecule has 1 aliphatic carbocycles. The predicted octanol–water partition coefficient (Wildman–Crippen LogP) is 3.73. The topological polar surface area (TPSA) is 52.8 Å². The van der Waals surface area contributed by atoms with E-state index in [0.717, 1.165) is 48.4 Å². The maximum Gasteiger partial charge on any atom is 0.262 e. The maximum atomic E-state index is 13.2. The van der Waals surface area contributed by atoms with Crippen molar-refractivity contribution in [2.45, 2.75) is 38.6 Å². The zero-order valence-corrected chi connectivity index (χ0v) is 18.8. The van der Waals surface area contributed by atoms with Crippen LogP contribution in [0.2, 0.25) is 0 Å². The second-order valence-corrected chi connectivity index (χ2v) is 9.35. The Balaban J connectivity index is 1.61. The number of nitrogens with two attached hydrogens (primary N) is 1. The van der Waals surface area contributed by atoms with Crippen LogP contribution in [0.4, 0.5) is 5.69 Å². The molecular weight excluding hydrogens is 380 g/mol. The van der Waals surface area contributed by atoms with Gasteiger partial charge in [-0.15, -0.1) is 0 Å². The fourth-order valence-electron chi connectivity index (χ4n) is 4.12. The summed E-state index contributed by atoms with van der Waals surface area (Å²) >= 11 is 1.39. The van der Waals surface area contributed by atoms with Gasteiger partial charge in [0.2, 0.25) is 0 Å². The summed E-state index contributed by atoms with van der Waals surface area (Å²) in [6, 6.07) is 8.92. The monoisotopic (exact) mass is 414 g/mol. The Hall–Kier alpha value is -1.92. The van der Waals surface area contributed by atoms with Crippen molar-refractivity contribution in [1.29, 1.82) is 0 Å². The van der Waals surface area contributed by atoms with Crippen LogP contribution in [0.25, 0.3) is 4.91 Å². The first-order valence-electron chi connectivity index (χ1n) is 10.5. The van der Waals surface area contributed by atoms with Crippen molar-refractivity contribution < 1.29 is 4.79 Å². The lowest BCUT2D eigenvalue weighted by atomic mass is 10.2. The van der Waals surface area contributed by atoms with E-state index >= 15 is 0 Å². The molecule has 3 rings (SSSR count). The molecule has 2 fully saturated rings. The van der Waals surface area contributed by atoms with Crippen LogP contribution in [-0.2, 0) is 4.79 Å². The number of carbonyl (C=O) groups excluding carboxylic acids is 1. The van der Waals surface area contributed by atoms with E-state index in [9.17, 15) is 4.79 Å². The highest BCUT2D eigenvalue weighted by molar-refractivity contribution is 8.12. The first-order chi connectivity index (χ1) is 13.9. The highest BCUT2D eigenvalue weighted by atomic mass is 32.2. The first kappa shape index (κ1) is 21.8. The number of nitrogens with zero attached hydrogens (tertiary/aromatic N) is 3. The third kappa shape index (κ3) is 5.37. The van der Waals surface area contributed by atoms with Gasteiger partial charge in [-0.25, -0.2) is 0 Å². The standard InChI is InChI=1S/C23H34N4OS/c1-17(24)22(29-18(2)19-9-11-20(12-10-19)25(3)4)23(28)27-15-13-26(14-16-27)21-7-5-6-8-21/h9-12,21H,2,5-8,13-16,24H2,1,3-4H3/b22-17-. The molecule has 0 radical (unpaired) electrons. The van der Waals surface area contributed by atoms with E-state index in [1.165, 1.54) is 37.4 Å². The molecule has 2 N–H and O–H groups in total. The molecule has 0 atom stereocenters. The molecule has 1 aromatic carbocycles. The van der Waals surface area contributed by atoms with Crippen LogP contribution in [0.1, 0.15) is 38.2 Å². The number of carbonyl (C=O) groups is 1. The SMILES string of the molecule is C=C(S/C(C(=O)N1CCN(C2CCCC2)CC1)=C(/C)N)c1ccc(N(C)C)cc1. The van der Waals surface area contributed by atoms with Gasteiger partial charge in [0.25, 0.3) is 5.91 Å². The van der Waals surface area contributed by atoms with E-state index < -0.39 is 0 Å². The lowest BCUT2D eigenvalue weighted by Crippen LogP contribution is -2.51. The van der Waals surface area contributed by atoms with Crippen LogP contribution in [0, 0.1) is 0 Å². The largest absolute Gasteiger partial charge is 0.401 e. The number of thioether (sulfide) groups is 1. The lowest BCUT2D eigenvalue weighted by molar-refractivity contribution is -0.128. The molecule has 1 saturated carbocycles. The number of piperazine rings is 1. The molecule has 158 valence electrons. The van der Waals surface area contributed by atoms with Crippen molar-refractivity contribution in [1.82, 2.24) is 9.80 Å². The molecule has 5 nitrogen and oxygen atoms in total. The van der Waals surface area contributed by atoms with E-state index in [-0.39, 0.29) is 5.91 Å². The van der Waals surface area contributed by atoms with Crippen molar-refractivity contribution in [2.24, 2.45) is 5.73 Å². The van der Waals surface area contributed by atoms with Gasteiger partial charge in [-0.3, -0.25) is 9.69 Å². The Morgan fingerprint density at radius 3 is 2.21 bits per heavy atom. The summed E-state index contributed by atoms with van der Waals surface area (Å²) in [4.78, 5) is 21.2. The molecule has 29 heavy (non-hydrogen) atoms. The molecule has 1 aliphatic heterocycles. The van der Waals surface area contributed by atoms with E-state index in [4.69, 9.17) is 5.73 Å². The second-order valence-electron chi connectivity index (χ2n) is 8.25. The molecule has 2 aliphatic rings.